The summed E-state index contributed by atoms with van der Waals surface area (Å²) in [5.41, 5.74) is 5.76. The van der Waals surface area contributed by atoms with E-state index in [1.54, 1.807) is 6.92 Å². The Kier molecular flexibility index (Phi) is 6.34. The van der Waals surface area contributed by atoms with Crippen molar-refractivity contribution in [2.24, 2.45) is 11.7 Å². The molecule has 1 fully saturated rings. The van der Waals surface area contributed by atoms with Gasteiger partial charge in [0.15, 0.2) is 0 Å². The van der Waals surface area contributed by atoms with Crippen molar-refractivity contribution < 1.29 is 13.3 Å². The maximum atomic E-state index is 12.6. The summed E-state index contributed by atoms with van der Waals surface area (Å²) in [5, 5.41) is 11.0. The topological polar surface area (TPSA) is 107 Å². The normalized spacial score (nSPS) is 19.0. The number of hydrogen-bond donors (Lipinski definition) is 1. The first kappa shape index (κ1) is 19.3. The van der Waals surface area contributed by atoms with Gasteiger partial charge in [0, 0.05) is 29.2 Å². The van der Waals surface area contributed by atoms with Gasteiger partial charge in [0.25, 0.3) is 5.69 Å². The smallest absolute Gasteiger partial charge is 0.274 e. The quantitative estimate of drug-likeness (QED) is 0.599. The van der Waals surface area contributed by atoms with Crippen molar-refractivity contribution >= 4 is 44.0 Å². The second kappa shape index (κ2) is 7.22. The van der Waals surface area contributed by atoms with Crippen molar-refractivity contribution in [2.75, 3.05) is 19.6 Å². The molecule has 1 heterocycles. The standard InChI is InChI=1S/C12H16BrN3O4S.ClH/c1-8-11(13)4-10(5-12(8)16(17)18)21(19,20)15-3-2-9(6-14)7-15;/h4-5,9H,2-3,6-7,14H2,1H3;1H. The largest absolute Gasteiger partial charge is 0.330 e. The minimum atomic E-state index is -3.73. The van der Waals surface area contributed by atoms with Gasteiger partial charge in [-0.3, -0.25) is 10.1 Å². The van der Waals surface area contributed by atoms with Crippen molar-refractivity contribution in [1.82, 2.24) is 4.31 Å². The summed E-state index contributed by atoms with van der Waals surface area (Å²) in [5.74, 6) is 0.142. The number of benzene rings is 1. The number of hydrogen-bond acceptors (Lipinski definition) is 5. The average molecular weight is 415 g/mol. The van der Waals surface area contributed by atoms with E-state index in [9.17, 15) is 18.5 Å². The zero-order valence-corrected chi connectivity index (χ0v) is 15.1. The Labute approximate surface area is 143 Å². The maximum absolute atomic E-state index is 12.6. The predicted octanol–water partition coefficient (Wildman–Crippen LogP) is 2.06. The number of halogens is 2. The molecular weight excluding hydrogens is 398 g/mol. The van der Waals surface area contributed by atoms with Crippen LogP contribution in [0.1, 0.15) is 12.0 Å². The Balaban J connectivity index is 0.00000242. The van der Waals surface area contributed by atoms with E-state index < -0.39 is 14.9 Å². The molecule has 0 aromatic heterocycles. The summed E-state index contributed by atoms with van der Waals surface area (Å²) >= 11 is 3.18. The van der Waals surface area contributed by atoms with Gasteiger partial charge < -0.3 is 5.73 Å². The van der Waals surface area contributed by atoms with E-state index in [1.807, 2.05) is 0 Å². The van der Waals surface area contributed by atoms with Gasteiger partial charge in [-0.15, -0.1) is 12.4 Å². The summed E-state index contributed by atoms with van der Waals surface area (Å²) in [6.07, 6.45) is 0.713. The van der Waals surface area contributed by atoms with Gasteiger partial charge >= 0.3 is 0 Å². The summed E-state index contributed by atoms with van der Waals surface area (Å²) in [4.78, 5) is 10.4. The first-order valence-corrected chi connectivity index (χ1v) is 8.65. The molecule has 1 aromatic rings. The Hall–Kier alpha value is -0.740. The van der Waals surface area contributed by atoms with E-state index >= 15 is 0 Å². The zero-order chi connectivity index (χ0) is 15.8. The molecule has 22 heavy (non-hydrogen) atoms. The van der Waals surface area contributed by atoms with Gasteiger partial charge in [0.2, 0.25) is 10.0 Å². The first-order valence-electron chi connectivity index (χ1n) is 6.42. The number of nitro benzene ring substituents is 1. The van der Waals surface area contributed by atoms with Crippen LogP contribution in [0.2, 0.25) is 0 Å². The van der Waals surface area contributed by atoms with E-state index in [-0.39, 0.29) is 28.9 Å². The average Bonchev–Trinajstić information content (AvgIpc) is 2.90. The molecule has 0 spiro atoms. The molecule has 1 atom stereocenters. The molecule has 1 aliphatic heterocycles. The molecule has 1 saturated heterocycles. The molecule has 1 unspecified atom stereocenters. The molecule has 1 aliphatic rings. The highest BCUT2D eigenvalue weighted by Crippen LogP contribution is 2.32. The van der Waals surface area contributed by atoms with Crippen LogP contribution in [0.5, 0.6) is 0 Å². The summed E-state index contributed by atoms with van der Waals surface area (Å²) in [6, 6.07) is 2.53. The molecule has 2 rings (SSSR count). The molecule has 0 radical (unpaired) electrons. The molecule has 0 aliphatic carbocycles. The highest BCUT2D eigenvalue weighted by Gasteiger charge is 2.33. The first-order chi connectivity index (χ1) is 9.77. The van der Waals surface area contributed by atoms with E-state index in [2.05, 4.69) is 15.9 Å². The lowest BCUT2D eigenvalue weighted by molar-refractivity contribution is -0.385. The number of nitrogens with zero attached hydrogens (tertiary/aromatic N) is 2. The monoisotopic (exact) mass is 413 g/mol. The van der Waals surface area contributed by atoms with Gasteiger partial charge in [-0.25, -0.2) is 8.42 Å². The van der Waals surface area contributed by atoms with Gasteiger partial charge in [-0.2, -0.15) is 4.31 Å². The van der Waals surface area contributed by atoms with Crippen molar-refractivity contribution in [3.8, 4) is 0 Å². The second-order valence-corrected chi connectivity index (χ2v) is 7.85. The van der Waals surface area contributed by atoms with Crippen LogP contribution in [-0.4, -0.2) is 37.3 Å². The van der Waals surface area contributed by atoms with Crippen LogP contribution >= 0.6 is 28.3 Å². The third-order valence-electron chi connectivity index (χ3n) is 3.71. The fraction of sp³-hybridized carbons (Fsp3) is 0.500. The van der Waals surface area contributed by atoms with Crippen molar-refractivity contribution in [3.63, 3.8) is 0 Å². The third-order valence-corrected chi connectivity index (χ3v) is 6.37. The molecule has 0 bridgehead atoms. The van der Waals surface area contributed by atoms with Crippen LogP contribution in [-0.2, 0) is 10.0 Å². The van der Waals surface area contributed by atoms with Crippen LogP contribution in [0.3, 0.4) is 0 Å². The Morgan fingerprint density at radius 1 is 1.50 bits per heavy atom. The minimum absolute atomic E-state index is 0. The highest BCUT2D eigenvalue weighted by atomic mass is 79.9. The van der Waals surface area contributed by atoms with Crippen LogP contribution in [0, 0.1) is 23.0 Å². The molecule has 10 heteroatoms. The Morgan fingerprint density at radius 2 is 2.14 bits per heavy atom. The fourth-order valence-electron chi connectivity index (χ4n) is 2.34. The molecule has 0 amide bonds. The number of rotatable bonds is 4. The zero-order valence-electron chi connectivity index (χ0n) is 11.9. The van der Waals surface area contributed by atoms with E-state index in [0.29, 0.717) is 36.1 Å². The van der Waals surface area contributed by atoms with E-state index in [1.165, 1.54) is 10.4 Å². The number of nitro groups is 1. The van der Waals surface area contributed by atoms with Crippen LogP contribution in [0.4, 0.5) is 5.69 Å². The van der Waals surface area contributed by atoms with Crippen molar-refractivity contribution in [2.45, 2.75) is 18.2 Å². The van der Waals surface area contributed by atoms with Gasteiger partial charge in [-0.05, 0) is 31.9 Å². The van der Waals surface area contributed by atoms with E-state index in [0.717, 1.165) is 6.07 Å². The lowest BCUT2D eigenvalue weighted by Gasteiger charge is -2.17. The van der Waals surface area contributed by atoms with Crippen LogP contribution < -0.4 is 5.73 Å². The van der Waals surface area contributed by atoms with Crippen LogP contribution in [0.25, 0.3) is 0 Å². The van der Waals surface area contributed by atoms with Crippen LogP contribution in [0.15, 0.2) is 21.5 Å². The Bertz CT molecular complexity index is 683. The number of nitrogens with two attached hydrogens (primary N) is 1. The summed E-state index contributed by atoms with van der Waals surface area (Å²) in [7, 11) is -3.73. The second-order valence-electron chi connectivity index (χ2n) is 5.06. The molecule has 0 saturated carbocycles. The minimum Gasteiger partial charge on any atom is -0.330 e. The van der Waals surface area contributed by atoms with Crippen molar-refractivity contribution in [3.05, 3.63) is 32.3 Å². The highest BCUT2D eigenvalue weighted by molar-refractivity contribution is 9.10. The predicted molar refractivity (Wildman–Crippen MR) is 88.7 cm³/mol. The summed E-state index contributed by atoms with van der Waals surface area (Å²) < 4.78 is 26.9. The maximum Gasteiger partial charge on any atom is 0.274 e. The molecule has 1 aromatic carbocycles. The fourth-order valence-corrected chi connectivity index (χ4v) is 4.52. The third kappa shape index (κ3) is 3.60. The van der Waals surface area contributed by atoms with Gasteiger partial charge in [-0.1, -0.05) is 15.9 Å². The molecule has 124 valence electrons. The van der Waals surface area contributed by atoms with Gasteiger partial charge in [0.1, 0.15) is 0 Å². The summed E-state index contributed by atoms with van der Waals surface area (Å²) in [6.45, 7) is 2.75. The Morgan fingerprint density at radius 3 is 2.64 bits per heavy atom. The molecule has 7 nitrogen and oxygen atoms in total. The van der Waals surface area contributed by atoms with Gasteiger partial charge in [0.05, 0.1) is 9.82 Å². The number of sulfonamides is 1. The molecular formula is C12H17BrClN3O4S. The SMILES string of the molecule is Cc1c(Br)cc(S(=O)(=O)N2CCC(CN)C2)cc1[N+](=O)[O-].Cl. The molecule has 2 N–H and O–H groups in total. The van der Waals surface area contributed by atoms with Crippen molar-refractivity contribution in [1.29, 1.82) is 0 Å². The van der Waals surface area contributed by atoms with E-state index in [4.69, 9.17) is 5.73 Å². The lowest BCUT2D eigenvalue weighted by Crippen LogP contribution is -2.30. The lowest BCUT2D eigenvalue weighted by atomic mass is 10.1.